The van der Waals surface area contributed by atoms with Gasteiger partial charge in [-0.05, 0) is 43.2 Å². The van der Waals surface area contributed by atoms with E-state index in [1.54, 1.807) is 42.6 Å². The number of carbonyl (C=O) groups excluding carboxylic acids is 3. The molecule has 3 heterocycles. The fourth-order valence-electron chi connectivity index (χ4n) is 3.90. The van der Waals surface area contributed by atoms with Crippen molar-refractivity contribution < 1.29 is 14.4 Å². The molecule has 0 radical (unpaired) electrons. The predicted octanol–water partition coefficient (Wildman–Crippen LogP) is 1.77. The molecule has 0 atom stereocenters. The number of rotatable bonds is 9. The monoisotopic (exact) mass is 511 g/mol. The third kappa shape index (κ3) is 5.98. The molecule has 4 aromatic rings. The first-order valence-corrected chi connectivity index (χ1v) is 12.1. The summed E-state index contributed by atoms with van der Waals surface area (Å²) in [7, 11) is 0. The highest BCUT2D eigenvalue weighted by Crippen LogP contribution is 2.19. The highest BCUT2D eigenvalue weighted by Gasteiger charge is 2.12. The average Bonchev–Trinajstić information content (AvgIpc) is 3.61. The molecule has 1 aromatic carbocycles. The molecule has 12 nitrogen and oxygen atoms in total. The van der Waals surface area contributed by atoms with Gasteiger partial charge >= 0.3 is 0 Å². The molecule has 1 aliphatic rings. The SMILES string of the molecule is O=C(Cn1cc2cc(NC(=O)c3cccc(-n4cncn4)n3)ccc2n1)NCCNC(=O)C1=CCCC=C1. The van der Waals surface area contributed by atoms with Crippen LogP contribution in [0.25, 0.3) is 16.7 Å². The van der Waals surface area contributed by atoms with Gasteiger partial charge in [0, 0.05) is 35.9 Å². The lowest BCUT2D eigenvalue weighted by Gasteiger charge is -2.09. The first kappa shape index (κ1) is 24.6. The van der Waals surface area contributed by atoms with Crippen molar-refractivity contribution in [2.24, 2.45) is 0 Å². The number of nitrogens with zero attached hydrogens (tertiary/aromatic N) is 6. The molecule has 5 rings (SSSR count). The van der Waals surface area contributed by atoms with Gasteiger partial charge in [-0.1, -0.05) is 24.3 Å². The fraction of sp³-hybridized carbons (Fsp3) is 0.192. The molecule has 0 saturated carbocycles. The van der Waals surface area contributed by atoms with E-state index in [4.69, 9.17) is 0 Å². The van der Waals surface area contributed by atoms with Gasteiger partial charge in [0.05, 0.1) is 5.52 Å². The van der Waals surface area contributed by atoms with E-state index in [2.05, 4.69) is 36.1 Å². The number of fused-ring (bicyclic) bond motifs is 1. The lowest BCUT2D eigenvalue weighted by atomic mass is 10.1. The summed E-state index contributed by atoms with van der Waals surface area (Å²) in [6.07, 6.45) is 12.1. The first-order chi connectivity index (χ1) is 18.5. The van der Waals surface area contributed by atoms with E-state index in [0.717, 1.165) is 18.2 Å². The number of allylic oxidation sites excluding steroid dienone is 2. The van der Waals surface area contributed by atoms with Crippen molar-refractivity contribution in [1.29, 1.82) is 0 Å². The summed E-state index contributed by atoms with van der Waals surface area (Å²) in [6.45, 7) is 0.665. The van der Waals surface area contributed by atoms with Gasteiger partial charge in [0.1, 0.15) is 24.9 Å². The maximum Gasteiger partial charge on any atom is 0.274 e. The maximum absolute atomic E-state index is 12.8. The highest BCUT2D eigenvalue weighted by atomic mass is 16.2. The maximum atomic E-state index is 12.8. The van der Waals surface area contributed by atoms with Crippen molar-refractivity contribution in [3.05, 3.63) is 84.7 Å². The summed E-state index contributed by atoms with van der Waals surface area (Å²) in [5.41, 5.74) is 2.13. The van der Waals surface area contributed by atoms with Crippen molar-refractivity contribution in [3.8, 4) is 5.82 Å². The minimum absolute atomic E-state index is 0.0250. The van der Waals surface area contributed by atoms with E-state index >= 15 is 0 Å². The number of amides is 3. The molecule has 0 unspecified atom stereocenters. The molecule has 0 aliphatic heterocycles. The third-order valence-electron chi connectivity index (χ3n) is 5.73. The van der Waals surface area contributed by atoms with E-state index in [1.807, 2.05) is 18.2 Å². The topological polar surface area (TPSA) is 149 Å². The van der Waals surface area contributed by atoms with Crippen LogP contribution in [0.1, 0.15) is 23.3 Å². The molecule has 192 valence electrons. The lowest BCUT2D eigenvalue weighted by Crippen LogP contribution is -2.36. The molecule has 38 heavy (non-hydrogen) atoms. The Balaban J connectivity index is 1.13. The van der Waals surface area contributed by atoms with E-state index in [1.165, 1.54) is 22.0 Å². The smallest absolute Gasteiger partial charge is 0.274 e. The summed E-state index contributed by atoms with van der Waals surface area (Å²) in [5.74, 6) is -0.266. The minimum Gasteiger partial charge on any atom is -0.353 e. The second-order valence-electron chi connectivity index (χ2n) is 8.52. The van der Waals surface area contributed by atoms with Crippen LogP contribution in [0.2, 0.25) is 0 Å². The number of hydrogen-bond acceptors (Lipinski definition) is 7. The Morgan fingerprint density at radius 2 is 1.89 bits per heavy atom. The molecule has 0 spiro atoms. The van der Waals surface area contributed by atoms with E-state index in [-0.39, 0.29) is 30.0 Å². The van der Waals surface area contributed by atoms with Crippen molar-refractivity contribution in [2.75, 3.05) is 18.4 Å². The lowest BCUT2D eigenvalue weighted by molar-refractivity contribution is -0.122. The molecule has 0 fully saturated rings. The van der Waals surface area contributed by atoms with Crippen LogP contribution in [0.15, 0.2) is 79.1 Å². The zero-order valence-corrected chi connectivity index (χ0v) is 20.4. The Morgan fingerprint density at radius 3 is 2.71 bits per heavy atom. The van der Waals surface area contributed by atoms with Crippen molar-refractivity contribution in [1.82, 2.24) is 40.2 Å². The summed E-state index contributed by atoms with van der Waals surface area (Å²) in [6, 6.07) is 10.3. The normalized spacial score (nSPS) is 12.7. The van der Waals surface area contributed by atoms with Crippen LogP contribution in [-0.4, -0.2) is 60.3 Å². The van der Waals surface area contributed by atoms with Crippen LogP contribution < -0.4 is 16.0 Å². The van der Waals surface area contributed by atoms with Gasteiger partial charge in [-0.15, -0.1) is 0 Å². The Bertz CT molecular complexity index is 1540. The molecular formula is C26H25N9O3. The predicted molar refractivity (Wildman–Crippen MR) is 139 cm³/mol. The molecule has 3 aromatic heterocycles. The minimum atomic E-state index is -0.374. The molecule has 3 amide bonds. The van der Waals surface area contributed by atoms with Gasteiger partial charge < -0.3 is 16.0 Å². The zero-order valence-electron chi connectivity index (χ0n) is 20.4. The van der Waals surface area contributed by atoms with Crippen molar-refractivity contribution in [2.45, 2.75) is 19.4 Å². The first-order valence-electron chi connectivity index (χ1n) is 12.1. The third-order valence-corrected chi connectivity index (χ3v) is 5.73. The van der Waals surface area contributed by atoms with Crippen LogP contribution in [0.4, 0.5) is 5.69 Å². The van der Waals surface area contributed by atoms with Gasteiger partial charge in [0.2, 0.25) is 5.91 Å². The number of anilines is 1. The van der Waals surface area contributed by atoms with E-state index in [9.17, 15) is 14.4 Å². The molecule has 0 bridgehead atoms. The Morgan fingerprint density at radius 1 is 1.00 bits per heavy atom. The van der Waals surface area contributed by atoms with Crippen LogP contribution >= 0.6 is 0 Å². The standard InChI is InChI=1S/C26H25N9O3/c36-24(28-11-12-29-25(37)18-5-2-1-3-6-18)15-34-14-19-13-20(9-10-21(19)33-34)31-26(38)22-7-4-8-23(32-22)35-17-27-16-30-35/h2,4-10,13-14,16-17H,1,3,11-12,15H2,(H,28,36)(H,29,37)(H,31,38). The van der Waals surface area contributed by atoms with Crippen molar-refractivity contribution in [3.63, 3.8) is 0 Å². The number of carbonyl (C=O) groups is 3. The van der Waals surface area contributed by atoms with E-state index < -0.39 is 0 Å². The number of benzene rings is 1. The molecular weight excluding hydrogens is 486 g/mol. The number of nitrogens with one attached hydrogen (secondary N) is 3. The van der Waals surface area contributed by atoms with Crippen LogP contribution in [-0.2, 0) is 16.1 Å². The quantitative estimate of drug-likeness (QED) is 0.290. The number of aromatic nitrogens is 6. The van der Waals surface area contributed by atoms with Gasteiger partial charge in [-0.3, -0.25) is 19.1 Å². The highest BCUT2D eigenvalue weighted by molar-refractivity contribution is 6.04. The van der Waals surface area contributed by atoms with Gasteiger partial charge in [0.25, 0.3) is 11.8 Å². The Kier molecular flexibility index (Phi) is 7.30. The van der Waals surface area contributed by atoms with Crippen LogP contribution in [0.3, 0.4) is 0 Å². The fourth-order valence-corrected chi connectivity index (χ4v) is 3.90. The second-order valence-corrected chi connectivity index (χ2v) is 8.52. The largest absolute Gasteiger partial charge is 0.353 e. The molecule has 3 N–H and O–H groups in total. The Labute approximate surface area is 217 Å². The summed E-state index contributed by atoms with van der Waals surface area (Å²) in [4.78, 5) is 45.4. The van der Waals surface area contributed by atoms with Crippen LogP contribution in [0, 0.1) is 0 Å². The number of pyridine rings is 1. The molecule has 1 aliphatic carbocycles. The second kappa shape index (κ2) is 11.3. The molecule has 0 saturated heterocycles. The number of hydrogen-bond donors (Lipinski definition) is 3. The summed E-state index contributed by atoms with van der Waals surface area (Å²) >= 11 is 0. The summed E-state index contributed by atoms with van der Waals surface area (Å²) in [5, 5.41) is 17.6. The average molecular weight is 512 g/mol. The van der Waals surface area contributed by atoms with Crippen LogP contribution in [0.5, 0.6) is 0 Å². The van der Waals surface area contributed by atoms with Crippen molar-refractivity contribution >= 4 is 34.3 Å². The van der Waals surface area contributed by atoms with Gasteiger partial charge in [0.15, 0.2) is 5.82 Å². The van der Waals surface area contributed by atoms with E-state index in [0.29, 0.717) is 35.7 Å². The Hall–Kier alpha value is -5.13. The van der Waals surface area contributed by atoms with Gasteiger partial charge in [-0.25, -0.2) is 14.6 Å². The zero-order chi connectivity index (χ0) is 26.3. The summed E-state index contributed by atoms with van der Waals surface area (Å²) < 4.78 is 3.00. The van der Waals surface area contributed by atoms with Gasteiger partial charge in [-0.2, -0.15) is 10.2 Å². The molecule has 12 heteroatoms.